The van der Waals surface area contributed by atoms with E-state index in [0.717, 1.165) is 0 Å². The van der Waals surface area contributed by atoms with Gasteiger partial charge in [-0.05, 0) is 45.4 Å². The van der Waals surface area contributed by atoms with Gasteiger partial charge in [0.05, 0.1) is 0 Å². The number of hydrogen-bond donors (Lipinski definition) is 1. The van der Waals surface area contributed by atoms with Crippen molar-refractivity contribution in [3.63, 3.8) is 0 Å². The highest BCUT2D eigenvalue weighted by Crippen LogP contribution is 2.62. The molecular weight excluding hydrogens is 270 g/mol. The largest absolute Gasteiger partial charge is 0.332 e. The lowest BCUT2D eigenvalue weighted by molar-refractivity contribution is 0.510. The summed E-state index contributed by atoms with van der Waals surface area (Å²) in [7, 11) is -1.66. The molecule has 0 aromatic heterocycles. The fraction of sp³-hybridized carbons (Fsp3) is 0.526. The molecule has 1 nitrogen and oxygen atoms in total. The Labute approximate surface area is 132 Å². The molecule has 0 bridgehead atoms. The van der Waals surface area contributed by atoms with Crippen LogP contribution >= 0.6 is 0 Å². The molecule has 3 aliphatic rings. The van der Waals surface area contributed by atoms with E-state index in [1.165, 1.54) is 37.5 Å². The summed E-state index contributed by atoms with van der Waals surface area (Å²) in [5.74, 6) is 6.40. The van der Waals surface area contributed by atoms with E-state index in [-0.39, 0.29) is 5.54 Å². The van der Waals surface area contributed by atoms with Crippen molar-refractivity contribution in [2.75, 3.05) is 0 Å². The van der Waals surface area contributed by atoms with Crippen molar-refractivity contribution in [3.05, 3.63) is 53.5 Å². The van der Waals surface area contributed by atoms with Crippen LogP contribution in [-0.2, 0) is 0 Å². The van der Waals surface area contributed by atoms with E-state index in [1.807, 2.05) is 0 Å². The van der Waals surface area contributed by atoms with Crippen molar-refractivity contribution in [2.45, 2.75) is 65.1 Å². The van der Waals surface area contributed by atoms with E-state index in [4.69, 9.17) is 0 Å². The molecule has 1 N–H and O–H groups in total. The molecule has 0 aliphatic heterocycles. The summed E-state index contributed by atoms with van der Waals surface area (Å²) in [5, 5.41) is 0. The Morgan fingerprint density at radius 1 is 0.905 bits per heavy atom. The van der Waals surface area contributed by atoms with Crippen molar-refractivity contribution >= 4 is 8.24 Å². The van der Waals surface area contributed by atoms with Gasteiger partial charge in [-0.15, -0.1) is 0 Å². The number of nitrogens with one attached hydrogen (secondary N) is 1. The summed E-state index contributed by atoms with van der Waals surface area (Å²) in [4.78, 5) is 3.98. The maximum absolute atomic E-state index is 3.98. The molecule has 3 rings (SSSR count). The molecule has 0 atom stereocenters. The first kappa shape index (κ1) is 15.5. The molecular formula is C19H28NSi. The van der Waals surface area contributed by atoms with E-state index < -0.39 is 8.24 Å². The Kier molecular flexibility index (Phi) is 3.98. The predicted molar refractivity (Wildman–Crippen MR) is 93.3 cm³/mol. The van der Waals surface area contributed by atoms with Crippen LogP contribution in [0.5, 0.6) is 0 Å². The average molecular weight is 299 g/mol. The summed E-state index contributed by atoms with van der Waals surface area (Å²) in [5.41, 5.74) is 1.86. The van der Waals surface area contributed by atoms with Crippen LogP contribution in [0, 0.1) is 29.2 Å². The van der Waals surface area contributed by atoms with Crippen molar-refractivity contribution in [1.82, 2.24) is 4.98 Å². The van der Waals surface area contributed by atoms with Crippen LogP contribution in [0.25, 0.3) is 0 Å². The highest BCUT2D eigenvalue weighted by Gasteiger charge is 2.57. The molecule has 0 heterocycles. The summed E-state index contributed by atoms with van der Waals surface area (Å²) in [6.45, 7) is 11.8. The zero-order valence-electron chi connectivity index (χ0n) is 14.1. The molecule has 0 aromatic carbocycles. The molecule has 0 aromatic rings. The minimum atomic E-state index is -1.66. The number of allylic oxidation sites excluding steroid dienone is 4. The standard InChI is InChI=1S/C19H28NSi/c1-19(2,3)20-21(4,5)18-16-12-8-6-10-14(16)15-11-7-9-13-17(15)18/h6,8,10,12,20H,7,9,11,13H2,1-5H3. The molecule has 2 saturated carbocycles. The van der Waals surface area contributed by atoms with Gasteiger partial charge in [0.15, 0.2) is 0 Å². The summed E-state index contributed by atoms with van der Waals surface area (Å²) in [6, 6.07) is 0. The van der Waals surface area contributed by atoms with Gasteiger partial charge in [0.1, 0.15) is 8.24 Å². The monoisotopic (exact) mass is 298 g/mol. The number of hydrogen-bond acceptors (Lipinski definition) is 1. The van der Waals surface area contributed by atoms with Gasteiger partial charge in [-0.25, -0.2) is 0 Å². The highest BCUT2D eigenvalue weighted by atomic mass is 28.3. The number of rotatable bonds is 2. The van der Waals surface area contributed by atoms with Gasteiger partial charge in [-0.2, -0.15) is 0 Å². The topological polar surface area (TPSA) is 12.0 Å². The third kappa shape index (κ3) is 2.94. The lowest BCUT2D eigenvalue weighted by atomic mass is 9.77. The zero-order chi connectivity index (χ0) is 15.3. The molecule has 0 amide bonds. The second kappa shape index (κ2) is 5.38. The maximum atomic E-state index is 3.98. The third-order valence-corrected chi connectivity index (χ3v) is 7.80. The smallest absolute Gasteiger partial charge is 0.128 e. The first-order valence-electron chi connectivity index (χ1n) is 8.28. The van der Waals surface area contributed by atoms with Crippen LogP contribution < -0.4 is 4.98 Å². The van der Waals surface area contributed by atoms with Crippen molar-refractivity contribution in [1.29, 1.82) is 0 Å². The summed E-state index contributed by atoms with van der Waals surface area (Å²) in [6.07, 6.45) is 14.4. The van der Waals surface area contributed by atoms with Gasteiger partial charge >= 0.3 is 0 Å². The van der Waals surface area contributed by atoms with Gasteiger partial charge in [0.25, 0.3) is 0 Å². The van der Waals surface area contributed by atoms with Crippen LogP contribution in [0.1, 0.15) is 46.5 Å². The zero-order valence-corrected chi connectivity index (χ0v) is 15.1. The summed E-state index contributed by atoms with van der Waals surface area (Å²) < 4.78 is 0. The Balaban J connectivity index is 1.92. The SMILES string of the molecule is CC(C)(C)N[Si](C)(C)[C]1[C]2C=CC=C[C]2[C]2CCCC[C]21. The van der Waals surface area contributed by atoms with Crippen LogP contribution in [0.4, 0.5) is 0 Å². The van der Waals surface area contributed by atoms with Gasteiger partial charge < -0.3 is 4.98 Å². The minimum absolute atomic E-state index is 0.176. The number of fused-ring (bicyclic) bond motifs is 3. The predicted octanol–water partition coefficient (Wildman–Crippen LogP) is 4.70. The van der Waals surface area contributed by atoms with Crippen molar-refractivity contribution in [3.8, 4) is 0 Å². The Morgan fingerprint density at radius 2 is 1.48 bits per heavy atom. The molecule has 0 saturated heterocycles. The Bertz CT molecular complexity index is 443. The van der Waals surface area contributed by atoms with E-state index in [1.54, 1.807) is 17.4 Å². The third-order valence-electron chi connectivity index (χ3n) is 4.60. The first-order chi connectivity index (χ1) is 9.80. The molecule has 2 fully saturated rings. The normalized spacial score (nSPS) is 26.3. The van der Waals surface area contributed by atoms with E-state index >= 15 is 0 Å². The van der Waals surface area contributed by atoms with Gasteiger partial charge in [0, 0.05) is 22.9 Å². The minimum Gasteiger partial charge on any atom is -0.332 e. The Hall–Kier alpha value is -0.343. The van der Waals surface area contributed by atoms with Crippen LogP contribution in [0.2, 0.25) is 13.1 Å². The van der Waals surface area contributed by atoms with E-state index in [0.29, 0.717) is 0 Å². The van der Waals surface area contributed by atoms with Crippen LogP contribution in [0.3, 0.4) is 0 Å². The lowest BCUT2D eigenvalue weighted by Gasteiger charge is -2.42. The average Bonchev–Trinajstić information content (AvgIpc) is 2.71. The van der Waals surface area contributed by atoms with Crippen LogP contribution in [-0.4, -0.2) is 13.8 Å². The molecule has 113 valence electrons. The Morgan fingerprint density at radius 3 is 2.10 bits per heavy atom. The second-order valence-corrected chi connectivity index (χ2v) is 12.1. The second-order valence-electron chi connectivity index (χ2n) is 8.08. The van der Waals surface area contributed by atoms with Crippen molar-refractivity contribution < 1.29 is 0 Å². The van der Waals surface area contributed by atoms with Gasteiger partial charge in [0.2, 0.25) is 0 Å². The molecule has 5 radical (unpaired) electrons. The quantitative estimate of drug-likeness (QED) is 0.728. The van der Waals surface area contributed by atoms with E-state index in [2.05, 4.69) is 63.2 Å². The summed E-state index contributed by atoms with van der Waals surface area (Å²) >= 11 is 0. The fourth-order valence-electron chi connectivity index (χ4n) is 4.32. The molecule has 21 heavy (non-hydrogen) atoms. The van der Waals surface area contributed by atoms with Gasteiger partial charge in [-0.1, -0.05) is 50.2 Å². The van der Waals surface area contributed by atoms with Gasteiger partial charge in [-0.3, -0.25) is 0 Å². The molecule has 3 aliphatic carbocycles. The van der Waals surface area contributed by atoms with Crippen LogP contribution in [0.15, 0.2) is 24.3 Å². The molecule has 2 heteroatoms. The maximum Gasteiger partial charge on any atom is 0.128 e. The molecule has 0 spiro atoms. The highest BCUT2D eigenvalue weighted by molar-refractivity contribution is 6.82. The van der Waals surface area contributed by atoms with E-state index in [9.17, 15) is 0 Å². The lowest BCUT2D eigenvalue weighted by Crippen LogP contribution is -2.59. The first-order valence-corrected chi connectivity index (χ1v) is 11.3. The fourth-order valence-corrected chi connectivity index (χ4v) is 8.24. The molecule has 0 unspecified atom stereocenters. The van der Waals surface area contributed by atoms with Crippen molar-refractivity contribution in [2.24, 2.45) is 0 Å².